The minimum Gasteiger partial charge on any atom is -0.459 e. The summed E-state index contributed by atoms with van der Waals surface area (Å²) in [4.78, 5) is 11.2. The van der Waals surface area contributed by atoms with Crippen molar-refractivity contribution in [3.8, 4) is 11.8 Å². The third-order valence-corrected chi connectivity index (χ3v) is 4.58. The largest absolute Gasteiger partial charge is 0.475 e. The van der Waals surface area contributed by atoms with E-state index in [1.54, 1.807) is 13.8 Å². The van der Waals surface area contributed by atoms with Gasteiger partial charge in [-0.3, -0.25) is 13.6 Å². The van der Waals surface area contributed by atoms with Gasteiger partial charge in [0.05, 0.1) is 20.3 Å². The van der Waals surface area contributed by atoms with E-state index in [0.717, 1.165) is 25.7 Å². The molecule has 0 saturated heterocycles. The normalized spacial score (nSPS) is 12.3. The van der Waals surface area contributed by atoms with Crippen LogP contribution in [-0.4, -0.2) is 32.4 Å². The van der Waals surface area contributed by atoms with Crippen molar-refractivity contribution < 1.29 is 27.7 Å². The van der Waals surface area contributed by atoms with Crippen LogP contribution in [0.2, 0.25) is 0 Å². The van der Waals surface area contributed by atoms with E-state index in [0.29, 0.717) is 6.42 Å². The van der Waals surface area contributed by atoms with Crippen LogP contribution in [0.25, 0.3) is 0 Å². The van der Waals surface area contributed by atoms with E-state index in [1.807, 2.05) is 0 Å². The molecule has 0 aromatic heterocycles. The van der Waals surface area contributed by atoms with Gasteiger partial charge in [-0.2, -0.15) is 0 Å². The molecule has 0 aromatic carbocycles. The Labute approximate surface area is 139 Å². The highest BCUT2D eigenvalue weighted by Gasteiger charge is 2.29. The van der Waals surface area contributed by atoms with Gasteiger partial charge in [-0.15, -0.1) is 0 Å². The summed E-state index contributed by atoms with van der Waals surface area (Å²) in [5, 5.41) is 0. The molecule has 6 nitrogen and oxygen atoms in total. The van der Waals surface area contributed by atoms with Gasteiger partial charge in [0.25, 0.3) is 0 Å². The fraction of sp³-hybridized carbons (Fsp3) is 0.812. The van der Waals surface area contributed by atoms with Crippen molar-refractivity contribution in [2.75, 3.05) is 20.3 Å². The smallest absolute Gasteiger partial charge is 0.459 e. The second-order valence-corrected chi connectivity index (χ2v) is 6.46. The topological polar surface area (TPSA) is 71.1 Å². The van der Waals surface area contributed by atoms with E-state index in [4.69, 9.17) is 13.6 Å². The van der Waals surface area contributed by atoms with Crippen LogP contribution in [0, 0.1) is 11.8 Å². The van der Waals surface area contributed by atoms with Crippen LogP contribution in [0.4, 0.5) is 0 Å². The Hall–Kier alpha value is -0.860. The number of ether oxygens (including phenoxy) is 1. The number of carbonyl (C=O) groups is 1. The average molecular weight is 348 g/mol. The fourth-order valence-electron chi connectivity index (χ4n) is 1.85. The van der Waals surface area contributed by atoms with E-state index < -0.39 is 19.9 Å². The quantitative estimate of drug-likeness (QED) is 0.174. The second-order valence-electron chi connectivity index (χ2n) is 4.84. The molecule has 0 amide bonds. The first-order valence-corrected chi connectivity index (χ1v) is 9.64. The highest BCUT2D eigenvalue weighted by molar-refractivity contribution is 7.48. The molecule has 134 valence electrons. The predicted molar refractivity (Wildman–Crippen MR) is 88.9 cm³/mol. The lowest BCUT2D eigenvalue weighted by molar-refractivity contribution is -0.133. The standard InChI is InChI=1S/C16H29O6P/c1-5-8-9-10-11-12-15(13-14-16(17)19-4)22-23(18,20-6-2)21-7-3/h15H,5-12H2,1-4H3. The molecule has 23 heavy (non-hydrogen) atoms. The van der Waals surface area contributed by atoms with Crippen molar-refractivity contribution in [1.29, 1.82) is 0 Å². The summed E-state index contributed by atoms with van der Waals surface area (Å²) < 4.78 is 32.6. The zero-order valence-electron chi connectivity index (χ0n) is 14.6. The molecule has 1 unspecified atom stereocenters. The number of esters is 1. The molecule has 0 saturated carbocycles. The lowest BCUT2D eigenvalue weighted by Gasteiger charge is -2.20. The molecule has 0 heterocycles. The van der Waals surface area contributed by atoms with Crippen LogP contribution in [-0.2, 0) is 27.7 Å². The molecule has 0 aliphatic carbocycles. The molecular weight excluding hydrogens is 319 g/mol. The Bertz CT molecular complexity index is 416. The maximum Gasteiger partial charge on any atom is 0.475 e. The van der Waals surface area contributed by atoms with Crippen molar-refractivity contribution in [1.82, 2.24) is 0 Å². The molecule has 0 radical (unpaired) electrons. The lowest BCUT2D eigenvalue weighted by atomic mass is 10.1. The molecule has 0 spiro atoms. The van der Waals surface area contributed by atoms with Gasteiger partial charge in [0.1, 0.15) is 6.10 Å². The number of methoxy groups -OCH3 is 1. The number of hydrogen-bond acceptors (Lipinski definition) is 6. The SMILES string of the molecule is CCCCCCCC(C#CC(=O)OC)OP(=O)(OCC)OCC. The maximum atomic E-state index is 12.4. The summed E-state index contributed by atoms with van der Waals surface area (Å²) in [6, 6.07) is 0. The Morgan fingerprint density at radius 1 is 1.04 bits per heavy atom. The zero-order chi connectivity index (χ0) is 17.6. The van der Waals surface area contributed by atoms with E-state index in [9.17, 15) is 9.36 Å². The Balaban J connectivity index is 4.76. The molecule has 7 heteroatoms. The molecule has 0 aliphatic rings. The minimum atomic E-state index is -3.66. The maximum absolute atomic E-state index is 12.4. The van der Waals surface area contributed by atoms with Crippen molar-refractivity contribution in [2.24, 2.45) is 0 Å². The molecule has 1 atom stereocenters. The first kappa shape index (κ1) is 22.1. The Morgan fingerprint density at radius 3 is 2.17 bits per heavy atom. The molecular formula is C16H29O6P. The van der Waals surface area contributed by atoms with E-state index in [2.05, 4.69) is 23.5 Å². The third-order valence-electron chi connectivity index (χ3n) is 2.92. The first-order chi connectivity index (χ1) is 11.0. The van der Waals surface area contributed by atoms with Crippen LogP contribution < -0.4 is 0 Å². The zero-order valence-corrected chi connectivity index (χ0v) is 15.5. The molecule has 0 N–H and O–H groups in total. The minimum absolute atomic E-state index is 0.199. The van der Waals surface area contributed by atoms with Gasteiger partial charge in [-0.1, -0.05) is 38.5 Å². The van der Waals surface area contributed by atoms with Gasteiger partial charge in [0, 0.05) is 5.92 Å². The number of carbonyl (C=O) groups excluding carboxylic acids is 1. The number of phosphoric acid groups is 1. The van der Waals surface area contributed by atoms with Gasteiger partial charge in [0.2, 0.25) is 0 Å². The number of unbranched alkanes of at least 4 members (excludes halogenated alkanes) is 4. The van der Waals surface area contributed by atoms with E-state index in [-0.39, 0.29) is 13.2 Å². The van der Waals surface area contributed by atoms with Crippen LogP contribution in [0.15, 0.2) is 0 Å². The summed E-state index contributed by atoms with van der Waals surface area (Å²) in [5.41, 5.74) is 0. The fourth-order valence-corrected chi connectivity index (χ4v) is 3.14. The Morgan fingerprint density at radius 2 is 1.65 bits per heavy atom. The molecule has 0 bridgehead atoms. The van der Waals surface area contributed by atoms with Crippen molar-refractivity contribution >= 4 is 13.8 Å². The predicted octanol–water partition coefficient (Wildman–Crippen LogP) is 4.09. The van der Waals surface area contributed by atoms with Gasteiger partial charge in [-0.05, 0) is 26.7 Å². The van der Waals surface area contributed by atoms with Crippen LogP contribution >= 0.6 is 7.82 Å². The summed E-state index contributed by atoms with van der Waals surface area (Å²) >= 11 is 0. The average Bonchev–Trinajstić information content (AvgIpc) is 2.52. The number of hydrogen-bond donors (Lipinski definition) is 0. The molecule has 0 aliphatic heterocycles. The van der Waals surface area contributed by atoms with E-state index in [1.165, 1.54) is 13.5 Å². The van der Waals surface area contributed by atoms with Gasteiger partial charge >= 0.3 is 13.8 Å². The number of phosphoric ester groups is 1. The summed E-state index contributed by atoms with van der Waals surface area (Å²) in [6.07, 6.45) is 5.21. The van der Waals surface area contributed by atoms with Crippen molar-refractivity contribution in [2.45, 2.75) is 65.4 Å². The second kappa shape index (κ2) is 13.6. The molecule has 0 rings (SSSR count). The monoisotopic (exact) mass is 348 g/mol. The van der Waals surface area contributed by atoms with Gasteiger partial charge in [0.15, 0.2) is 0 Å². The first-order valence-electron chi connectivity index (χ1n) is 8.18. The number of rotatable bonds is 12. The molecule has 0 aromatic rings. The molecule has 0 fully saturated rings. The summed E-state index contributed by atoms with van der Waals surface area (Å²) in [7, 11) is -2.41. The summed E-state index contributed by atoms with van der Waals surface area (Å²) in [6.45, 7) is 5.95. The van der Waals surface area contributed by atoms with Crippen LogP contribution in [0.1, 0.15) is 59.3 Å². The third kappa shape index (κ3) is 11.3. The van der Waals surface area contributed by atoms with Crippen molar-refractivity contribution in [3.05, 3.63) is 0 Å². The highest BCUT2D eigenvalue weighted by atomic mass is 31.2. The summed E-state index contributed by atoms with van der Waals surface area (Å²) in [5.74, 6) is 4.32. The highest BCUT2D eigenvalue weighted by Crippen LogP contribution is 2.50. The van der Waals surface area contributed by atoms with Gasteiger partial charge in [-0.25, -0.2) is 9.36 Å². The van der Waals surface area contributed by atoms with Gasteiger partial charge < -0.3 is 4.74 Å². The van der Waals surface area contributed by atoms with E-state index >= 15 is 0 Å². The van der Waals surface area contributed by atoms with Crippen LogP contribution in [0.3, 0.4) is 0 Å². The van der Waals surface area contributed by atoms with Crippen LogP contribution in [0.5, 0.6) is 0 Å². The Kier molecular flexibility index (Phi) is 13.1. The lowest BCUT2D eigenvalue weighted by Crippen LogP contribution is -2.13. The van der Waals surface area contributed by atoms with Crippen molar-refractivity contribution in [3.63, 3.8) is 0 Å².